The van der Waals surface area contributed by atoms with E-state index in [9.17, 15) is 9.59 Å². The molecule has 6 nitrogen and oxygen atoms in total. The number of rotatable bonds is 6. The summed E-state index contributed by atoms with van der Waals surface area (Å²) >= 11 is 0. The van der Waals surface area contributed by atoms with Crippen LogP contribution in [0.5, 0.6) is 11.5 Å². The molecule has 0 aliphatic rings. The number of aryl methyl sites for hydroxylation is 1. The van der Waals surface area contributed by atoms with Crippen molar-refractivity contribution in [2.24, 2.45) is 0 Å². The van der Waals surface area contributed by atoms with Gasteiger partial charge in [0.2, 0.25) is 0 Å². The van der Waals surface area contributed by atoms with Crippen molar-refractivity contribution < 1.29 is 19.1 Å². The van der Waals surface area contributed by atoms with E-state index < -0.39 is 0 Å². The van der Waals surface area contributed by atoms with Crippen molar-refractivity contribution in [3.05, 3.63) is 83.4 Å². The Kier molecular flexibility index (Phi) is 6.14. The summed E-state index contributed by atoms with van der Waals surface area (Å²) in [6.45, 7) is 1.89. The van der Waals surface area contributed by atoms with Crippen LogP contribution >= 0.6 is 0 Å². The van der Waals surface area contributed by atoms with Gasteiger partial charge in [0.1, 0.15) is 11.5 Å². The second-order valence-corrected chi connectivity index (χ2v) is 6.39. The van der Waals surface area contributed by atoms with Crippen LogP contribution in [0.15, 0.2) is 66.7 Å². The maximum atomic E-state index is 12.5. The molecule has 0 saturated heterocycles. The van der Waals surface area contributed by atoms with Crippen molar-refractivity contribution in [3.63, 3.8) is 0 Å². The van der Waals surface area contributed by atoms with Crippen LogP contribution < -0.4 is 20.1 Å². The number of carbonyl (C=O) groups is 2. The minimum Gasteiger partial charge on any atom is -0.497 e. The van der Waals surface area contributed by atoms with E-state index in [4.69, 9.17) is 9.47 Å². The minimum atomic E-state index is -0.246. The molecule has 29 heavy (non-hydrogen) atoms. The molecule has 0 radical (unpaired) electrons. The fraction of sp³-hybridized carbons (Fsp3) is 0.130. The summed E-state index contributed by atoms with van der Waals surface area (Å²) in [5, 5.41) is 5.73. The number of hydrogen-bond acceptors (Lipinski definition) is 4. The highest BCUT2D eigenvalue weighted by atomic mass is 16.5. The molecule has 3 rings (SSSR count). The lowest BCUT2D eigenvalue weighted by molar-refractivity contribution is 0.101. The van der Waals surface area contributed by atoms with Gasteiger partial charge in [-0.2, -0.15) is 0 Å². The summed E-state index contributed by atoms with van der Waals surface area (Å²) in [4.78, 5) is 25.0. The number of amides is 2. The predicted molar refractivity (Wildman–Crippen MR) is 113 cm³/mol. The Labute approximate surface area is 169 Å². The van der Waals surface area contributed by atoms with E-state index in [1.807, 2.05) is 13.0 Å². The Morgan fingerprint density at radius 3 is 1.66 bits per heavy atom. The molecule has 2 amide bonds. The number of methoxy groups -OCH3 is 2. The number of ether oxygens (including phenoxy) is 2. The van der Waals surface area contributed by atoms with E-state index in [1.54, 1.807) is 74.9 Å². The van der Waals surface area contributed by atoms with Gasteiger partial charge >= 0.3 is 0 Å². The van der Waals surface area contributed by atoms with Gasteiger partial charge in [-0.15, -0.1) is 0 Å². The molecule has 3 aromatic rings. The zero-order chi connectivity index (χ0) is 20.8. The van der Waals surface area contributed by atoms with Crippen molar-refractivity contribution in [1.82, 2.24) is 0 Å². The monoisotopic (exact) mass is 390 g/mol. The lowest BCUT2D eigenvalue weighted by atomic mass is 10.1. The molecule has 6 heteroatoms. The molecule has 148 valence electrons. The second kappa shape index (κ2) is 8.93. The van der Waals surface area contributed by atoms with Gasteiger partial charge in [-0.25, -0.2) is 0 Å². The summed E-state index contributed by atoms with van der Waals surface area (Å²) in [6.07, 6.45) is 0. The number of hydrogen-bond donors (Lipinski definition) is 2. The molecular formula is C23H22N2O4. The summed E-state index contributed by atoms with van der Waals surface area (Å²) in [7, 11) is 3.15. The average Bonchev–Trinajstić information content (AvgIpc) is 2.76. The quantitative estimate of drug-likeness (QED) is 0.649. The third-order valence-electron chi connectivity index (χ3n) is 4.45. The van der Waals surface area contributed by atoms with Crippen LogP contribution in [-0.2, 0) is 0 Å². The van der Waals surface area contributed by atoms with E-state index in [2.05, 4.69) is 10.6 Å². The van der Waals surface area contributed by atoms with Crippen LogP contribution in [0.2, 0.25) is 0 Å². The molecule has 0 spiro atoms. The lowest BCUT2D eigenvalue weighted by Crippen LogP contribution is -2.14. The smallest absolute Gasteiger partial charge is 0.255 e. The fourth-order valence-electron chi connectivity index (χ4n) is 2.72. The lowest BCUT2D eigenvalue weighted by Gasteiger charge is -2.12. The van der Waals surface area contributed by atoms with Gasteiger partial charge in [0.15, 0.2) is 0 Å². The molecule has 2 N–H and O–H groups in total. The Morgan fingerprint density at radius 1 is 0.690 bits per heavy atom. The predicted octanol–water partition coefficient (Wildman–Crippen LogP) is 4.52. The van der Waals surface area contributed by atoms with Gasteiger partial charge < -0.3 is 20.1 Å². The van der Waals surface area contributed by atoms with Gasteiger partial charge in [-0.05, 0) is 73.2 Å². The first kappa shape index (κ1) is 19.9. The normalized spacial score (nSPS) is 10.2. The molecule has 0 aliphatic heterocycles. The highest BCUT2D eigenvalue weighted by Gasteiger charge is 2.11. The van der Waals surface area contributed by atoms with Crippen LogP contribution in [0, 0.1) is 6.92 Å². The molecule has 0 unspecified atom stereocenters. The van der Waals surface area contributed by atoms with E-state index in [1.165, 1.54) is 0 Å². The average molecular weight is 390 g/mol. The van der Waals surface area contributed by atoms with Crippen LogP contribution in [0.25, 0.3) is 0 Å². The Hall–Kier alpha value is -3.80. The van der Waals surface area contributed by atoms with Crippen LogP contribution in [0.4, 0.5) is 11.4 Å². The van der Waals surface area contributed by atoms with Crippen molar-refractivity contribution in [2.75, 3.05) is 24.9 Å². The zero-order valence-electron chi connectivity index (χ0n) is 16.5. The highest BCUT2D eigenvalue weighted by Crippen LogP contribution is 2.22. The number of benzene rings is 3. The molecular weight excluding hydrogens is 368 g/mol. The first-order valence-corrected chi connectivity index (χ1v) is 9.01. The van der Waals surface area contributed by atoms with E-state index in [0.29, 0.717) is 34.0 Å². The molecule has 0 heterocycles. The molecule has 3 aromatic carbocycles. The maximum Gasteiger partial charge on any atom is 0.255 e. The Morgan fingerprint density at radius 2 is 1.17 bits per heavy atom. The Bertz CT molecular complexity index is 1010. The number of nitrogens with one attached hydrogen (secondary N) is 2. The molecule has 0 fully saturated rings. The second-order valence-electron chi connectivity index (χ2n) is 6.39. The topological polar surface area (TPSA) is 76.7 Å². The van der Waals surface area contributed by atoms with Crippen LogP contribution in [0.1, 0.15) is 26.3 Å². The van der Waals surface area contributed by atoms with E-state index >= 15 is 0 Å². The van der Waals surface area contributed by atoms with Gasteiger partial charge in [0, 0.05) is 22.5 Å². The van der Waals surface area contributed by atoms with E-state index in [0.717, 1.165) is 5.56 Å². The molecule has 0 atom stereocenters. The summed E-state index contributed by atoms with van der Waals surface area (Å²) in [6, 6.07) is 19.0. The summed E-state index contributed by atoms with van der Waals surface area (Å²) < 4.78 is 10.2. The van der Waals surface area contributed by atoms with Gasteiger partial charge in [-0.3, -0.25) is 9.59 Å². The summed E-state index contributed by atoms with van der Waals surface area (Å²) in [5.74, 6) is 0.875. The maximum absolute atomic E-state index is 12.5. The molecule has 0 aromatic heterocycles. The third kappa shape index (κ3) is 4.93. The fourth-order valence-corrected chi connectivity index (χ4v) is 2.72. The Balaban J connectivity index is 1.72. The van der Waals surface area contributed by atoms with Gasteiger partial charge in [0.05, 0.1) is 14.2 Å². The van der Waals surface area contributed by atoms with Gasteiger partial charge in [-0.1, -0.05) is 6.07 Å². The zero-order valence-corrected chi connectivity index (χ0v) is 16.5. The van der Waals surface area contributed by atoms with E-state index in [-0.39, 0.29) is 11.8 Å². The van der Waals surface area contributed by atoms with Crippen LogP contribution in [-0.4, -0.2) is 26.0 Å². The van der Waals surface area contributed by atoms with Crippen molar-refractivity contribution in [3.8, 4) is 11.5 Å². The SMILES string of the molecule is COc1ccc(C(=O)Nc2ccc(C)c(NC(=O)c3ccc(OC)cc3)c2)cc1. The molecule has 0 aliphatic carbocycles. The van der Waals surface area contributed by atoms with Crippen molar-refractivity contribution in [1.29, 1.82) is 0 Å². The highest BCUT2D eigenvalue weighted by molar-refractivity contribution is 6.06. The van der Waals surface area contributed by atoms with Crippen molar-refractivity contribution >= 4 is 23.2 Å². The standard InChI is InChI=1S/C23H22N2O4/c1-15-4-9-18(24-22(26)16-5-10-19(28-2)11-6-16)14-21(15)25-23(27)17-7-12-20(29-3)13-8-17/h4-14H,1-3H3,(H,24,26)(H,25,27). The first-order valence-electron chi connectivity index (χ1n) is 9.01. The number of anilines is 2. The summed E-state index contributed by atoms with van der Waals surface area (Å²) in [5.41, 5.74) is 3.11. The molecule has 0 bridgehead atoms. The largest absolute Gasteiger partial charge is 0.497 e. The van der Waals surface area contributed by atoms with Crippen molar-refractivity contribution in [2.45, 2.75) is 6.92 Å². The number of carbonyl (C=O) groups excluding carboxylic acids is 2. The first-order chi connectivity index (χ1) is 14.0. The minimum absolute atomic E-state index is 0.241. The third-order valence-corrected chi connectivity index (χ3v) is 4.45. The van der Waals surface area contributed by atoms with Gasteiger partial charge in [0.25, 0.3) is 11.8 Å². The van der Waals surface area contributed by atoms with Crippen LogP contribution in [0.3, 0.4) is 0 Å². The molecule has 0 saturated carbocycles.